The van der Waals surface area contributed by atoms with Gasteiger partial charge in [0.25, 0.3) is 5.91 Å². The second-order valence-electron chi connectivity index (χ2n) is 8.56. The number of primary amides is 1. The molecular weight excluding hydrogens is 480 g/mol. The van der Waals surface area contributed by atoms with Crippen LogP contribution in [0.4, 0.5) is 29.1 Å². The Labute approximate surface area is 202 Å². The predicted molar refractivity (Wildman–Crippen MR) is 124 cm³/mol. The van der Waals surface area contributed by atoms with Crippen LogP contribution in [0.2, 0.25) is 0 Å². The van der Waals surface area contributed by atoms with E-state index in [9.17, 15) is 22.4 Å². The number of aliphatic imine (C=N–C) groups is 1. The molecule has 1 aromatic heterocycles. The van der Waals surface area contributed by atoms with E-state index >= 15 is 0 Å². The Bertz CT molecular complexity index is 1380. The fourth-order valence-electron chi connectivity index (χ4n) is 4.61. The standard InChI is InChI=1S/C23H22F4N8O/c1-10-17-14(19(28)34-33-17)9-35(10)22-31-18-11(20(29)36)4-2-5-12(18)21(32-22)30-8-13-15(23(25,26)27)6-3-7-16(13)24/h2-7,10,21,30H,8-9H2,1H3,(H2,29,36)(H,31,32)(H3,28,33,34)/t10-,21?/m1/s1. The third-order valence-corrected chi connectivity index (χ3v) is 6.46. The number of aromatic nitrogens is 2. The van der Waals surface area contributed by atoms with E-state index < -0.39 is 41.7 Å². The fraction of sp³-hybridized carbons (Fsp3) is 0.261. The van der Waals surface area contributed by atoms with Gasteiger partial charge in [-0.25, -0.2) is 9.38 Å². The first-order chi connectivity index (χ1) is 17.1. The molecular formula is C23H22F4N8O. The van der Waals surface area contributed by atoms with E-state index in [0.717, 1.165) is 29.5 Å². The third-order valence-electron chi connectivity index (χ3n) is 6.46. The second-order valence-corrected chi connectivity index (χ2v) is 8.56. The number of nitrogens with zero attached hydrogens (tertiary/aromatic N) is 3. The van der Waals surface area contributed by atoms with Crippen molar-refractivity contribution in [2.45, 2.75) is 38.4 Å². The molecule has 0 radical (unpaired) electrons. The van der Waals surface area contributed by atoms with Gasteiger partial charge in [-0.2, -0.15) is 18.3 Å². The summed E-state index contributed by atoms with van der Waals surface area (Å²) in [7, 11) is 0. The third kappa shape index (κ3) is 3.90. The summed E-state index contributed by atoms with van der Waals surface area (Å²) in [6.07, 6.45) is -5.64. The normalized spacial score (nSPS) is 18.9. The number of H-pyrrole nitrogens is 1. The topological polar surface area (TPSA) is 137 Å². The first-order valence-electron chi connectivity index (χ1n) is 11.0. The SMILES string of the molecule is C[C@@H]1c2[nH]nc(N)c2CN1C1=NC(NCc2c(F)cccc2C(F)(F)F)c2cccc(C(N)=O)c2N1. The lowest BCUT2D eigenvalue weighted by atomic mass is 10.0. The zero-order chi connectivity index (χ0) is 25.8. The lowest BCUT2D eigenvalue weighted by Crippen LogP contribution is -2.40. The number of anilines is 2. The summed E-state index contributed by atoms with van der Waals surface area (Å²) in [4.78, 5) is 18.7. The number of hydrogen-bond acceptors (Lipinski definition) is 7. The highest BCUT2D eigenvalue weighted by Crippen LogP contribution is 2.39. The van der Waals surface area contributed by atoms with Crippen LogP contribution in [0.15, 0.2) is 41.4 Å². The Hall–Kier alpha value is -4.13. The Morgan fingerprint density at radius 1 is 1.25 bits per heavy atom. The summed E-state index contributed by atoms with van der Waals surface area (Å²) in [6, 6.07) is 7.38. The van der Waals surface area contributed by atoms with Crippen molar-refractivity contribution >= 4 is 23.4 Å². The largest absolute Gasteiger partial charge is 0.416 e. The number of hydrogen-bond donors (Lipinski definition) is 5. The van der Waals surface area contributed by atoms with Crippen LogP contribution in [0, 0.1) is 5.82 Å². The van der Waals surface area contributed by atoms with Crippen LogP contribution >= 0.6 is 0 Å². The van der Waals surface area contributed by atoms with Gasteiger partial charge in [0, 0.05) is 23.2 Å². The predicted octanol–water partition coefficient (Wildman–Crippen LogP) is 3.40. The smallest absolute Gasteiger partial charge is 0.382 e. The molecule has 2 atom stereocenters. The number of aromatic amines is 1. The van der Waals surface area contributed by atoms with Crippen molar-refractivity contribution in [3.05, 3.63) is 75.7 Å². The van der Waals surface area contributed by atoms with Gasteiger partial charge in [-0.1, -0.05) is 18.2 Å². The molecule has 5 rings (SSSR count). The number of alkyl halides is 3. The van der Waals surface area contributed by atoms with Crippen molar-refractivity contribution in [3.63, 3.8) is 0 Å². The lowest BCUT2D eigenvalue weighted by Gasteiger charge is -2.33. The van der Waals surface area contributed by atoms with E-state index in [-0.39, 0.29) is 11.6 Å². The van der Waals surface area contributed by atoms with E-state index in [1.807, 2.05) is 11.8 Å². The molecule has 188 valence electrons. The minimum Gasteiger partial charge on any atom is -0.382 e. The van der Waals surface area contributed by atoms with E-state index in [1.54, 1.807) is 12.1 Å². The second kappa shape index (κ2) is 8.52. The van der Waals surface area contributed by atoms with Gasteiger partial charge in [-0.3, -0.25) is 15.2 Å². The van der Waals surface area contributed by atoms with Crippen LogP contribution in [0.1, 0.15) is 57.4 Å². The summed E-state index contributed by atoms with van der Waals surface area (Å²) >= 11 is 0. The maximum Gasteiger partial charge on any atom is 0.416 e. The van der Waals surface area contributed by atoms with E-state index in [0.29, 0.717) is 29.6 Å². The number of para-hydroxylation sites is 1. The van der Waals surface area contributed by atoms with Gasteiger partial charge < -0.3 is 21.7 Å². The summed E-state index contributed by atoms with van der Waals surface area (Å²) in [5.74, 6) is -0.991. The quantitative estimate of drug-likeness (QED) is 0.347. The summed E-state index contributed by atoms with van der Waals surface area (Å²) in [6.45, 7) is 1.80. The Kier molecular flexibility index (Phi) is 5.58. The molecule has 1 unspecified atom stereocenters. The minimum absolute atomic E-state index is 0.181. The summed E-state index contributed by atoms with van der Waals surface area (Å²) in [5, 5.41) is 13.0. The maximum absolute atomic E-state index is 14.4. The molecule has 7 N–H and O–H groups in total. The zero-order valence-corrected chi connectivity index (χ0v) is 18.9. The molecule has 36 heavy (non-hydrogen) atoms. The number of nitrogen functional groups attached to an aromatic ring is 1. The van der Waals surface area contributed by atoms with Gasteiger partial charge in [0.05, 0.1) is 35.1 Å². The number of nitrogens with one attached hydrogen (secondary N) is 3. The number of halogens is 4. The lowest BCUT2D eigenvalue weighted by molar-refractivity contribution is -0.138. The molecule has 0 saturated carbocycles. The van der Waals surface area contributed by atoms with Gasteiger partial charge in [0.1, 0.15) is 12.0 Å². The summed E-state index contributed by atoms with van der Waals surface area (Å²) < 4.78 is 55.0. The molecule has 0 fully saturated rings. The average Bonchev–Trinajstić information content (AvgIpc) is 3.36. The number of carbonyl (C=O) groups excluding carboxylic acids is 1. The van der Waals surface area contributed by atoms with Gasteiger partial charge in [0.2, 0.25) is 5.96 Å². The highest BCUT2D eigenvalue weighted by atomic mass is 19.4. The molecule has 1 amide bonds. The molecule has 0 aliphatic carbocycles. The van der Waals surface area contributed by atoms with E-state index in [1.165, 1.54) is 6.07 Å². The maximum atomic E-state index is 14.4. The van der Waals surface area contributed by atoms with E-state index in [4.69, 9.17) is 11.5 Å². The van der Waals surface area contributed by atoms with Crippen LogP contribution < -0.4 is 22.1 Å². The van der Waals surface area contributed by atoms with Crippen molar-refractivity contribution in [3.8, 4) is 0 Å². The molecule has 3 heterocycles. The Balaban J connectivity index is 1.52. The van der Waals surface area contributed by atoms with Crippen molar-refractivity contribution in [1.29, 1.82) is 0 Å². The number of nitrogens with two attached hydrogens (primary N) is 2. The number of guanidine groups is 1. The highest BCUT2D eigenvalue weighted by molar-refractivity contribution is 6.06. The van der Waals surface area contributed by atoms with Crippen molar-refractivity contribution < 1.29 is 22.4 Å². The van der Waals surface area contributed by atoms with Crippen LogP contribution in [0.25, 0.3) is 0 Å². The molecule has 3 aromatic rings. The molecule has 0 bridgehead atoms. The van der Waals surface area contributed by atoms with Crippen molar-refractivity contribution in [2.75, 3.05) is 11.1 Å². The highest BCUT2D eigenvalue weighted by Gasteiger charge is 2.37. The first kappa shape index (κ1) is 23.6. The summed E-state index contributed by atoms with van der Waals surface area (Å²) in [5.41, 5.74) is 12.6. The molecule has 2 aliphatic heterocycles. The number of carbonyl (C=O) groups is 1. The van der Waals surface area contributed by atoms with Gasteiger partial charge in [-0.15, -0.1) is 0 Å². The molecule has 0 saturated heterocycles. The number of fused-ring (bicyclic) bond motifs is 2. The first-order valence-corrected chi connectivity index (χ1v) is 11.0. The Morgan fingerprint density at radius 3 is 2.69 bits per heavy atom. The van der Waals surface area contributed by atoms with Crippen LogP contribution in [0.3, 0.4) is 0 Å². The molecule has 2 aromatic carbocycles. The van der Waals surface area contributed by atoms with Gasteiger partial charge in [-0.05, 0) is 25.1 Å². The number of rotatable bonds is 4. The molecule has 9 nitrogen and oxygen atoms in total. The van der Waals surface area contributed by atoms with Crippen LogP contribution in [0.5, 0.6) is 0 Å². The van der Waals surface area contributed by atoms with Gasteiger partial charge in [0.15, 0.2) is 5.82 Å². The number of amides is 1. The van der Waals surface area contributed by atoms with Gasteiger partial charge >= 0.3 is 6.18 Å². The Morgan fingerprint density at radius 2 is 2.00 bits per heavy atom. The van der Waals surface area contributed by atoms with Crippen molar-refractivity contribution in [2.24, 2.45) is 10.7 Å². The number of benzene rings is 2. The van der Waals surface area contributed by atoms with Crippen molar-refractivity contribution in [1.82, 2.24) is 20.4 Å². The molecule has 13 heteroatoms. The van der Waals surface area contributed by atoms with Crippen LogP contribution in [-0.4, -0.2) is 27.0 Å². The fourth-order valence-corrected chi connectivity index (χ4v) is 4.61. The van der Waals surface area contributed by atoms with E-state index in [2.05, 4.69) is 25.8 Å². The zero-order valence-electron chi connectivity index (χ0n) is 18.9. The molecule has 0 spiro atoms. The monoisotopic (exact) mass is 502 g/mol. The molecule has 2 aliphatic rings. The average molecular weight is 502 g/mol. The van der Waals surface area contributed by atoms with Crippen LogP contribution in [-0.2, 0) is 19.3 Å². The minimum atomic E-state index is -4.73.